The number of nitrogens with two attached hydrogens (primary N) is 1. The molecular formula is C10H10Cl2N4O2S. The third-order valence-electron chi connectivity index (χ3n) is 2.46. The minimum absolute atomic E-state index is 0.295. The molecule has 0 saturated carbocycles. The van der Waals surface area contributed by atoms with Crippen molar-refractivity contribution in [2.24, 2.45) is 5.14 Å². The number of aromatic nitrogens is 3. The summed E-state index contributed by atoms with van der Waals surface area (Å²) >= 11 is 11.9. The van der Waals surface area contributed by atoms with Gasteiger partial charge < -0.3 is 0 Å². The average molecular weight is 321 g/mol. The highest BCUT2D eigenvalue weighted by Crippen LogP contribution is 2.30. The Morgan fingerprint density at radius 3 is 2.53 bits per heavy atom. The van der Waals surface area contributed by atoms with Gasteiger partial charge >= 0.3 is 0 Å². The molecule has 0 radical (unpaired) electrons. The minimum Gasteiger partial charge on any atom is -0.297 e. The molecule has 0 bridgehead atoms. The lowest BCUT2D eigenvalue weighted by Gasteiger charge is -2.07. The smallest absolute Gasteiger partial charge is 0.273 e. The predicted octanol–water partition coefficient (Wildman–Crippen LogP) is 1.92. The highest BCUT2D eigenvalue weighted by molar-refractivity contribution is 7.89. The maximum Gasteiger partial charge on any atom is 0.273 e. The molecule has 0 atom stereocenters. The van der Waals surface area contributed by atoms with Gasteiger partial charge in [-0.15, -0.1) is 10.2 Å². The zero-order valence-electron chi connectivity index (χ0n) is 9.84. The molecule has 0 saturated heterocycles. The van der Waals surface area contributed by atoms with Crippen molar-refractivity contribution in [1.29, 1.82) is 0 Å². The zero-order chi connectivity index (χ0) is 14.2. The van der Waals surface area contributed by atoms with Crippen molar-refractivity contribution < 1.29 is 8.42 Å². The van der Waals surface area contributed by atoms with Crippen molar-refractivity contribution in [3.8, 4) is 11.4 Å². The number of sulfonamides is 1. The van der Waals surface area contributed by atoms with Crippen molar-refractivity contribution in [1.82, 2.24) is 14.8 Å². The molecule has 0 unspecified atom stereocenters. The minimum atomic E-state index is -3.93. The molecule has 2 N–H and O–H groups in total. The van der Waals surface area contributed by atoms with Gasteiger partial charge in [-0.25, -0.2) is 13.6 Å². The lowest BCUT2D eigenvalue weighted by molar-refractivity contribution is 0.571. The van der Waals surface area contributed by atoms with Crippen LogP contribution in [-0.4, -0.2) is 23.2 Å². The summed E-state index contributed by atoms with van der Waals surface area (Å²) in [5.41, 5.74) is 0.537. The fourth-order valence-electron chi connectivity index (χ4n) is 1.65. The number of halogens is 2. The molecule has 0 aliphatic heterocycles. The summed E-state index contributed by atoms with van der Waals surface area (Å²) in [4.78, 5) is 0. The lowest BCUT2D eigenvalue weighted by atomic mass is 10.2. The normalized spacial score (nSPS) is 11.8. The van der Waals surface area contributed by atoms with E-state index in [0.29, 0.717) is 28.0 Å². The molecule has 0 spiro atoms. The second-order valence-corrected chi connectivity index (χ2v) is 6.02. The van der Waals surface area contributed by atoms with Gasteiger partial charge in [-0.1, -0.05) is 23.2 Å². The monoisotopic (exact) mass is 320 g/mol. The summed E-state index contributed by atoms with van der Waals surface area (Å²) < 4.78 is 24.2. The fourth-order valence-corrected chi connectivity index (χ4v) is 2.82. The standard InChI is InChI=1S/C10H10Cl2N4O2S/c1-2-16-9(14-15-10(16)19(13,17)18)7-4-3-6(11)5-8(7)12/h3-5H,2H2,1H3,(H2,13,17,18). The van der Waals surface area contributed by atoms with E-state index in [9.17, 15) is 8.42 Å². The van der Waals surface area contributed by atoms with E-state index in [1.807, 2.05) is 0 Å². The van der Waals surface area contributed by atoms with Gasteiger partial charge in [0.15, 0.2) is 5.82 Å². The Morgan fingerprint density at radius 1 is 1.32 bits per heavy atom. The molecular weight excluding hydrogens is 311 g/mol. The molecule has 0 fully saturated rings. The first-order valence-electron chi connectivity index (χ1n) is 5.26. The first-order chi connectivity index (χ1) is 8.84. The highest BCUT2D eigenvalue weighted by atomic mass is 35.5. The summed E-state index contributed by atoms with van der Waals surface area (Å²) in [5, 5.41) is 13.1. The number of primary sulfonamides is 1. The Kier molecular flexibility index (Phi) is 3.82. The molecule has 0 aliphatic carbocycles. The van der Waals surface area contributed by atoms with Crippen LogP contribution in [0.1, 0.15) is 6.92 Å². The Labute approximate surface area is 120 Å². The maximum atomic E-state index is 11.4. The molecule has 102 valence electrons. The SMILES string of the molecule is CCn1c(-c2ccc(Cl)cc2Cl)nnc1S(N)(=O)=O. The number of rotatable bonds is 3. The van der Waals surface area contributed by atoms with Crippen LogP contribution in [-0.2, 0) is 16.6 Å². The van der Waals surface area contributed by atoms with Crippen LogP contribution in [0.4, 0.5) is 0 Å². The first kappa shape index (κ1) is 14.3. The molecule has 6 nitrogen and oxygen atoms in total. The third kappa shape index (κ3) is 2.74. The molecule has 1 aromatic carbocycles. The Bertz CT molecular complexity index is 727. The summed E-state index contributed by atoms with van der Waals surface area (Å²) in [6, 6.07) is 4.82. The summed E-state index contributed by atoms with van der Waals surface area (Å²) in [7, 11) is -3.93. The maximum absolute atomic E-state index is 11.4. The largest absolute Gasteiger partial charge is 0.297 e. The van der Waals surface area contributed by atoms with E-state index in [1.54, 1.807) is 25.1 Å². The van der Waals surface area contributed by atoms with Gasteiger partial charge in [-0.2, -0.15) is 0 Å². The summed E-state index contributed by atoms with van der Waals surface area (Å²) in [5.74, 6) is 0.327. The van der Waals surface area contributed by atoms with Gasteiger partial charge in [-0.05, 0) is 25.1 Å². The van der Waals surface area contributed by atoms with Crippen LogP contribution in [0, 0.1) is 0 Å². The average Bonchev–Trinajstić information content (AvgIpc) is 2.72. The third-order valence-corrected chi connectivity index (χ3v) is 3.82. The van der Waals surface area contributed by atoms with Gasteiger partial charge in [0, 0.05) is 17.1 Å². The number of hydrogen-bond donors (Lipinski definition) is 1. The molecule has 1 aromatic heterocycles. The number of hydrogen-bond acceptors (Lipinski definition) is 4. The van der Waals surface area contributed by atoms with Crippen molar-refractivity contribution in [3.05, 3.63) is 28.2 Å². The van der Waals surface area contributed by atoms with Crippen LogP contribution in [0.5, 0.6) is 0 Å². The van der Waals surface area contributed by atoms with Crippen molar-refractivity contribution in [2.75, 3.05) is 0 Å². The Morgan fingerprint density at radius 2 is 2.00 bits per heavy atom. The van der Waals surface area contributed by atoms with Gasteiger partial charge in [0.05, 0.1) is 5.02 Å². The second-order valence-electron chi connectivity index (χ2n) is 3.72. The van der Waals surface area contributed by atoms with E-state index in [-0.39, 0.29) is 5.16 Å². The zero-order valence-corrected chi connectivity index (χ0v) is 12.2. The quantitative estimate of drug-likeness (QED) is 0.935. The van der Waals surface area contributed by atoms with Crippen LogP contribution in [0.25, 0.3) is 11.4 Å². The van der Waals surface area contributed by atoms with Gasteiger partial charge in [-0.3, -0.25) is 4.57 Å². The Hall–Kier alpha value is -1.15. The molecule has 1 heterocycles. The van der Waals surface area contributed by atoms with Gasteiger partial charge in [0.25, 0.3) is 15.2 Å². The van der Waals surface area contributed by atoms with Crippen LogP contribution < -0.4 is 5.14 Å². The highest BCUT2D eigenvalue weighted by Gasteiger charge is 2.22. The van der Waals surface area contributed by atoms with Gasteiger partial charge in [0.1, 0.15) is 0 Å². The molecule has 19 heavy (non-hydrogen) atoms. The molecule has 0 amide bonds. The molecule has 9 heteroatoms. The Balaban J connectivity index is 2.67. The van der Waals surface area contributed by atoms with E-state index >= 15 is 0 Å². The van der Waals surface area contributed by atoms with Crippen LogP contribution in [0.15, 0.2) is 23.4 Å². The first-order valence-corrected chi connectivity index (χ1v) is 7.56. The van der Waals surface area contributed by atoms with Crippen LogP contribution >= 0.6 is 23.2 Å². The van der Waals surface area contributed by atoms with Crippen LogP contribution in [0.3, 0.4) is 0 Å². The molecule has 2 rings (SSSR count). The van der Waals surface area contributed by atoms with E-state index in [4.69, 9.17) is 28.3 Å². The topological polar surface area (TPSA) is 90.9 Å². The lowest BCUT2D eigenvalue weighted by Crippen LogP contribution is -2.18. The number of nitrogens with zero attached hydrogens (tertiary/aromatic N) is 3. The molecule has 2 aromatic rings. The van der Waals surface area contributed by atoms with E-state index in [2.05, 4.69) is 10.2 Å². The van der Waals surface area contributed by atoms with Crippen LogP contribution in [0.2, 0.25) is 10.0 Å². The van der Waals surface area contributed by atoms with Crippen molar-refractivity contribution in [3.63, 3.8) is 0 Å². The van der Waals surface area contributed by atoms with E-state index in [1.165, 1.54) is 4.57 Å². The van der Waals surface area contributed by atoms with Crippen molar-refractivity contribution in [2.45, 2.75) is 18.6 Å². The van der Waals surface area contributed by atoms with Crippen molar-refractivity contribution >= 4 is 33.2 Å². The number of benzene rings is 1. The summed E-state index contributed by atoms with van der Waals surface area (Å²) in [6.45, 7) is 2.10. The van der Waals surface area contributed by atoms with E-state index in [0.717, 1.165) is 0 Å². The predicted molar refractivity (Wildman–Crippen MR) is 72.5 cm³/mol. The van der Waals surface area contributed by atoms with Gasteiger partial charge in [0.2, 0.25) is 0 Å². The molecule has 0 aliphatic rings. The fraction of sp³-hybridized carbons (Fsp3) is 0.200. The summed E-state index contributed by atoms with van der Waals surface area (Å²) in [6.07, 6.45) is 0. The second kappa shape index (κ2) is 5.09. The van der Waals surface area contributed by atoms with E-state index < -0.39 is 10.0 Å².